The number of carbonyl (C=O) groups excluding carboxylic acids is 3. The van der Waals surface area contributed by atoms with Crippen LogP contribution in [0.25, 0.3) is 22.3 Å². The molecule has 0 spiro atoms. The lowest BCUT2D eigenvalue weighted by Crippen LogP contribution is -2.51. The first kappa shape index (κ1) is 24.2. The largest absolute Gasteiger partial charge is 0.452 e. The molecule has 1 saturated heterocycles. The number of amides is 2. The molecule has 10 heteroatoms. The van der Waals surface area contributed by atoms with Crippen molar-refractivity contribution >= 4 is 29.0 Å². The molecule has 1 aromatic carbocycles. The molecule has 0 unspecified atom stereocenters. The highest BCUT2D eigenvalue weighted by Gasteiger charge is 2.26. The molecule has 2 amide bonds. The van der Waals surface area contributed by atoms with Crippen molar-refractivity contribution in [1.29, 1.82) is 0 Å². The van der Waals surface area contributed by atoms with Gasteiger partial charge in [0.15, 0.2) is 12.3 Å². The van der Waals surface area contributed by atoms with E-state index in [0.29, 0.717) is 55.1 Å². The number of piperazine rings is 1. The molecule has 0 N–H and O–H groups in total. The standard InChI is InChI=1S/C25H29N5O5/c1-4-34-25(33)29-12-10-28(11-13-29)22(31)16-35-24(32)19-14-21(18-8-6-5-7-9-18)27-23-20(19)15-26-30(23)17(2)3/h5-9,14-15,17H,4,10-13,16H2,1-3H3. The summed E-state index contributed by atoms with van der Waals surface area (Å²) >= 11 is 0. The van der Waals surface area contributed by atoms with Crippen molar-refractivity contribution in [2.24, 2.45) is 0 Å². The van der Waals surface area contributed by atoms with Gasteiger partial charge in [-0.25, -0.2) is 19.3 Å². The van der Waals surface area contributed by atoms with E-state index in [9.17, 15) is 14.4 Å². The van der Waals surface area contributed by atoms with E-state index in [4.69, 9.17) is 14.5 Å². The van der Waals surface area contributed by atoms with Gasteiger partial charge in [0, 0.05) is 37.8 Å². The zero-order valence-electron chi connectivity index (χ0n) is 20.1. The first-order chi connectivity index (χ1) is 16.9. The zero-order valence-corrected chi connectivity index (χ0v) is 20.1. The maximum atomic E-state index is 13.1. The highest BCUT2D eigenvalue weighted by Crippen LogP contribution is 2.27. The summed E-state index contributed by atoms with van der Waals surface area (Å²) in [5.41, 5.74) is 2.36. The number of aromatic nitrogens is 3. The minimum atomic E-state index is -0.614. The molecule has 0 bridgehead atoms. The first-order valence-electron chi connectivity index (χ1n) is 11.7. The number of rotatable bonds is 6. The summed E-state index contributed by atoms with van der Waals surface area (Å²) in [5.74, 6) is -0.926. The van der Waals surface area contributed by atoms with Crippen LogP contribution in [0.15, 0.2) is 42.6 Å². The number of benzene rings is 1. The normalized spacial score (nSPS) is 13.8. The molecule has 0 atom stereocenters. The zero-order chi connectivity index (χ0) is 24.9. The first-order valence-corrected chi connectivity index (χ1v) is 11.7. The third-order valence-electron chi connectivity index (χ3n) is 5.83. The second kappa shape index (κ2) is 10.5. The van der Waals surface area contributed by atoms with Crippen LogP contribution in [-0.2, 0) is 14.3 Å². The van der Waals surface area contributed by atoms with Gasteiger partial charge < -0.3 is 19.3 Å². The Hall–Kier alpha value is -3.95. The van der Waals surface area contributed by atoms with Crippen LogP contribution in [0.3, 0.4) is 0 Å². The van der Waals surface area contributed by atoms with Crippen LogP contribution in [0.1, 0.15) is 37.2 Å². The second-order valence-corrected chi connectivity index (χ2v) is 8.48. The Balaban J connectivity index is 1.49. The van der Waals surface area contributed by atoms with E-state index in [1.807, 2.05) is 44.2 Å². The van der Waals surface area contributed by atoms with Crippen LogP contribution >= 0.6 is 0 Å². The molecule has 1 aliphatic rings. The molecule has 0 radical (unpaired) electrons. The molecule has 1 aliphatic heterocycles. The molecule has 3 aromatic rings. The molecular weight excluding hydrogens is 450 g/mol. The van der Waals surface area contributed by atoms with Crippen molar-refractivity contribution in [2.75, 3.05) is 39.4 Å². The van der Waals surface area contributed by atoms with Gasteiger partial charge in [-0.1, -0.05) is 30.3 Å². The van der Waals surface area contributed by atoms with Crippen LogP contribution in [-0.4, -0.2) is 81.9 Å². The summed E-state index contributed by atoms with van der Waals surface area (Å²) in [5, 5.41) is 4.97. The number of pyridine rings is 1. The molecule has 4 rings (SSSR count). The average molecular weight is 480 g/mol. The van der Waals surface area contributed by atoms with Gasteiger partial charge in [0.1, 0.15) is 0 Å². The summed E-state index contributed by atoms with van der Waals surface area (Å²) in [6.45, 7) is 7.10. The smallest absolute Gasteiger partial charge is 0.409 e. The lowest BCUT2D eigenvalue weighted by atomic mass is 10.1. The van der Waals surface area contributed by atoms with Crippen molar-refractivity contribution in [2.45, 2.75) is 26.8 Å². The maximum absolute atomic E-state index is 13.1. The molecule has 3 heterocycles. The minimum Gasteiger partial charge on any atom is -0.452 e. The van der Waals surface area contributed by atoms with E-state index in [1.165, 1.54) is 0 Å². The van der Waals surface area contributed by atoms with Gasteiger partial charge >= 0.3 is 12.1 Å². The summed E-state index contributed by atoms with van der Waals surface area (Å²) in [6.07, 6.45) is 1.22. The van der Waals surface area contributed by atoms with Gasteiger partial charge in [0.25, 0.3) is 5.91 Å². The monoisotopic (exact) mass is 479 g/mol. The fraction of sp³-hybridized carbons (Fsp3) is 0.400. The van der Waals surface area contributed by atoms with E-state index in [0.717, 1.165) is 5.56 Å². The van der Waals surface area contributed by atoms with Crippen molar-refractivity contribution in [3.05, 3.63) is 48.2 Å². The fourth-order valence-corrected chi connectivity index (χ4v) is 3.97. The van der Waals surface area contributed by atoms with E-state index in [-0.39, 0.29) is 24.6 Å². The predicted molar refractivity (Wildman–Crippen MR) is 129 cm³/mol. The van der Waals surface area contributed by atoms with Crippen molar-refractivity contribution in [3.8, 4) is 11.3 Å². The van der Waals surface area contributed by atoms with Crippen molar-refractivity contribution < 1.29 is 23.9 Å². The van der Waals surface area contributed by atoms with Gasteiger partial charge in [-0.3, -0.25) is 4.79 Å². The van der Waals surface area contributed by atoms with E-state index in [1.54, 1.807) is 33.7 Å². The van der Waals surface area contributed by atoms with Gasteiger partial charge in [-0.2, -0.15) is 5.10 Å². The van der Waals surface area contributed by atoms with Crippen LogP contribution in [0.5, 0.6) is 0 Å². The number of hydrogen-bond donors (Lipinski definition) is 0. The molecule has 0 saturated carbocycles. The highest BCUT2D eigenvalue weighted by molar-refractivity contribution is 6.04. The molecule has 1 fully saturated rings. The van der Waals surface area contributed by atoms with Crippen molar-refractivity contribution in [3.63, 3.8) is 0 Å². The van der Waals surface area contributed by atoms with Crippen LogP contribution in [0.4, 0.5) is 4.79 Å². The van der Waals surface area contributed by atoms with Gasteiger partial charge in [-0.05, 0) is 26.8 Å². The van der Waals surface area contributed by atoms with Crippen molar-refractivity contribution in [1.82, 2.24) is 24.6 Å². The lowest BCUT2D eigenvalue weighted by Gasteiger charge is -2.33. The van der Waals surface area contributed by atoms with E-state index < -0.39 is 5.97 Å². The van der Waals surface area contributed by atoms with Gasteiger partial charge in [0.05, 0.1) is 29.4 Å². The number of fused-ring (bicyclic) bond motifs is 1. The Labute approximate surface area is 203 Å². The SMILES string of the molecule is CCOC(=O)N1CCN(C(=O)COC(=O)c2cc(-c3ccccc3)nc3c2cnn3C(C)C)CC1. The van der Waals surface area contributed by atoms with Gasteiger partial charge in [0.2, 0.25) is 0 Å². The Morgan fingerprint density at radius 3 is 2.34 bits per heavy atom. The lowest BCUT2D eigenvalue weighted by molar-refractivity contribution is -0.136. The van der Waals surface area contributed by atoms with Crippen LogP contribution in [0.2, 0.25) is 0 Å². The van der Waals surface area contributed by atoms with E-state index in [2.05, 4.69) is 5.10 Å². The summed E-state index contributed by atoms with van der Waals surface area (Å²) in [6, 6.07) is 11.3. The van der Waals surface area contributed by atoms with Gasteiger partial charge in [-0.15, -0.1) is 0 Å². The summed E-state index contributed by atoms with van der Waals surface area (Å²) in [7, 11) is 0. The van der Waals surface area contributed by atoms with Crippen LogP contribution in [0, 0.1) is 0 Å². The Bertz CT molecular complexity index is 1220. The highest BCUT2D eigenvalue weighted by atomic mass is 16.6. The molecule has 2 aromatic heterocycles. The Morgan fingerprint density at radius 1 is 1.00 bits per heavy atom. The number of nitrogens with zero attached hydrogens (tertiary/aromatic N) is 5. The number of esters is 1. The molecule has 35 heavy (non-hydrogen) atoms. The summed E-state index contributed by atoms with van der Waals surface area (Å²) in [4.78, 5) is 45.5. The fourth-order valence-electron chi connectivity index (χ4n) is 3.97. The predicted octanol–water partition coefficient (Wildman–Crippen LogP) is 3.14. The van der Waals surface area contributed by atoms with Crippen LogP contribution < -0.4 is 0 Å². The molecular formula is C25H29N5O5. The number of ether oxygens (including phenoxy) is 2. The molecule has 10 nitrogen and oxygen atoms in total. The maximum Gasteiger partial charge on any atom is 0.409 e. The number of hydrogen-bond acceptors (Lipinski definition) is 7. The number of carbonyl (C=O) groups is 3. The Kier molecular flexibility index (Phi) is 7.28. The topological polar surface area (TPSA) is 107 Å². The minimum absolute atomic E-state index is 0.0461. The van der Waals surface area contributed by atoms with E-state index >= 15 is 0 Å². The quantitative estimate of drug-likeness (QED) is 0.500. The average Bonchev–Trinajstić information content (AvgIpc) is 3.31. The Morgan fingerprint density at radius 2 is 1.69 bits per heavy atom. The third kappa shape index (κ3) is 5.26. The third-order valence-corrected chi connectivity index (χ3v) is 5.83. The summed E-state index contributed by atoms with van der Waals surface area (Å²) < 4.78 is 12.2. The molecule has 184 valence electrons. The molecule has 0 aliphatic carbocycles. The second-order valence-electron chi connectivity index (χ2n) is 8.48.